The molecule has 3 nitrogen and oxygen atoms in total. The first-order valence-corrected chi connectivity index (χ1v) is 8.00. The normalized spacial score (nSPS) is 18.9. The molecule has 0 saturated carbocycles. The first-order valence-electron chi connectivity index (χ1n) is 5.51. The second-order valence-corrected chi connectivity index (χ2v) is 6.87. The molecule has 1 aliphatic rings. The van der Waals surface area contributed by atoms with Gasteiger partial charge in [0.25, 0.3) is 5.24 Å². The molecule has 1 amide bonds. The minimum absolute atomic E-state index is 0.143. The van der Waals surface area contributed by atoms with E-state index in [4.69, 9.17) is 0 Å². The Morgan fingerprint density at radius 1 is 1.16 bits per heavy atom. The van der Waals surface area contributed by atoms with Crippen LogP contribution in [0.5, 0.6) is 0 Å². The van der Waals surface area contributed by atoms with E-state index in [0.29, 0.717) is 0 Å². The third kappa shape index (κ3) is 2.52. The lowest BCUT2D eigenvalue weighted by Crippen LogP contribution is -2.24. The van der Waals surface area contributed by atoms with Crippen LogP contribution in [0.2, 0.25) is 0 Å². The Balaban J connectivity index is 1.95. The summed E-state index contributed by atoms with van der Waals surface area (Å²) in [5.74, 6) is 0. The number of hydrogen-bond donors (Lipinski definition) is 1. The van der Waals surface area contributed by atoms with Gasteiger partial charge in [-0.3, -0.25) is 9.59 Å². The number of carbonyl (C=O) groups is 2. The second-order valence-electron chi connectivity index (χ2n) is 3.95. The molecule has 6 heteroatoms. The summed E-state index contributed by atoms with van der Waals surface area (Å²) in [6.45, 7) is 0. The Morgan fingerprint density at radius 3 is 2.68 bits per heavy atom. The van der Waals surface area contributed by atoms with Crippen LogP contribution in [0.1, 0.15) is 0 Å². The molecule has 1 N–H and O–H groups in total. The summed E-state index contributed by atoms with van der Waals surface area (Å²) in [6, 6.07) is 12.0. The lowest BCUT2D eigenvalue weighted by atomic mass is 10.1. The summed E-state index contributed by atoms with van der Waals surface area (Å²) < 4.78 is 0.953. The van der Waals surface area contributed by atoms with E-state index in [9.17, 15) is 9.59 Å². The predicted molar refractivity (Wildman–Crippen MR) is 82.4 cm³/mol. The van der Waals surface area contributed by atoms with E-state index in [1.165, 1.54) is 11.8 Å². The lowest BCUT2D eigenvalue weighted by molar-refractivity contribution is -0.110. The van der Waals surface area contributed by atoms with Crippen LogP contribution in [0.15, 0.2) is 45.8 Å². The maximum atomic E-state index is 11.6. The Kier molecular flexibility index (Phi) is 3.56. The van der Waals surface area contributed by atoms with Crippen molar-refractivity contribution < 1.29 is 9.59 Å². The molecule has 1 saturated heterocycles. The molecule has 3 rings (SSSR count). The van der Waals surface area contributed by atoms with Crippen molar-refractivity contribution in [2.75, 3.05) is 0 Å². The number of hydrogen-bond acceptors (Lipinski definition) is 4. The van der Waals surface area contributed by atoms with Crippen LogP contribution >= 0.6 is 39.5 Å². The second kappa shape index (κ2) is 5.19. The number of benzene rings is 2. The van der Waals surface area contributed by atoms with Gasteiger partial charge in [0.15, 0.2) is 5.37 Å². The van der Waals surface area contributed by atoms with Gasteiger partial charge >= 0.3 is 0 Å². The van der Waals surface area contributed by atoms with E-state index in [2.05, 4.69) is 21.2 Å². The largest absolute Gasteiger partial charge is 0.327 e. The number of nitrogens with one attached hydrogen (secondary N) is 1. The van der Waals surface area contributed by atoms with Crippen LogP contribution in [0.3, 0.4) is 0 Å². The average Bonchev–Trinajstić information content (AvgIpc) is 2.72. The fraction of sp³-hybridized carbons (Fsp3) is 0.0769. The maximum absolute atomic E-state index is 11.6. The molecule has 0 aliphatic carbocycles. The van der Waals surface area contributed by atoms with E-state index >= 15 is 0 Å². The molecule has 1 fully saturated rings. The van der Waals surface area contributed by atoms with Gasteiger partial charge in [0.2, 0.25) is 5.12 Å². The van der Waals surface area contributed by atoms with Crippen LogP contribution in [-0.4, -0.2) is 15.7 Å². The molecule has 0 spiro atoms. The number of thioether (sulfide) groups is 2. The summed E-state index contributed by atoms with van der Waals surface area (Å²) in [4.78, 5) is 23.7. The van der Waals surface area contributed by atoms with Crippen LogP contribution in [0.4, 0.5) is 4.79 Å². The van der Waals surface area contributed by atoms with Crippen molar-refractivity contribution in [3.05, 3.63) is 40.9 Å². The van der Waals surface area contributed by atoms with Gasteiger partial charge in [-0.15, -0.1) is 0 Å². The summed E-state index contributed by atoms with van der Waals surface area (Å²) in [7, 11) is 0. The molecule has 1 heterocycles. The van der Waals surface area contributed by atoms with Crippen LogP contribution in [0.25, 0.3) is 10.8 Å². The molecule has 1 aliphatic heterocycles. The van der Waals surface area contributed by atoms with Crippen LogP contribution in [-0.2, 0) is 4.79 Å². The van der Waals surface area contributed by atoms with Crippen molar-refractivity contribution in [2.45, 2.75) is 10.3 Å². The van der Waals surface area contributed by atoms with Crippen molar-refractivity contribution in [3.8, 4) is 0 Å². The summed E-state index contributed by atoms with van der Waals surface area (Å²) in [6.07, 6.45) is 0. The van der Waals surface area contributed by atoms with Crippen molar-refractivity contribution in [1.82, 2.24) is 5.32 Å². The molecule has 0 aromatic heterocycles. The average molecular weight is 354 g/mol. The van der Waals surface area contributed by atoms with E-state index in [1.54, 1.807) is 0 Å². The fourth-order valence-corrected chi connectivity index (χ4v) is 4.39. The fourth-order valence-electron chi connectivity index (χ4n) is 1.85. The van der Waals surface area contributed by atoms with Crippen LogP contribution in [0, 0.1) is 0 Å². The highest BCUT2D eigenvalue weighted by molar-refractivity contribution is 9.10. The van der Waals surface area contributed by atoms with Crippen molar-refractivity contribution >= 4 is 60.6 Å². The standard InChI is InChI=1S/C13H8BrNO2S2/c14-10-8-4-2-1-3-7(8)5-6-9(10)18-11-12(16)19-13(17)15-11/h1-6,11H,(H,15,17). The highest BCUT2D eigenvalue weighted by atomic mass is 79.9. The number of rotatable bonds is 2. The first-order chi connectivity index (χ1) is 9.15. The van der Waals surface area contributed by atoms with Gasteiger partial charge in [-0.25, -0.2) is 0 Å². The predicted octanol–water partition coefficient (Wildman–Crippen LogP) is 4.00. The van der Waals surface area contributed by atoms with E-state index in [1.807, 2.05) is 36.4 Å². The minimum atomic E-state index is -0.505. The first kappa shape index (κ1) is 13.0. The highest BCUT2D eigenvalue weighted by Crippen LogP contribution is 2.38. The zero-order valence-corrected chi connectivity index (χ0v) is 12.8. The minimum Gasteiger partial charge on any atom is -0.327 e. The molecule has 2 aromatic rings. The number of carbonyl (C=O) groups excluding carboxylic acids is 2. The Morgan fingerprint density at radius 2 is 1.95 bits per heavy atom. The Labute approximate surface area is 126 Å². The van der Waals surface area contributed by atoms with E-state index in [0.717, 1.165) is 31.9 Å². The van der Waals surface area contributed by atoms with Crippen molar-refractivity contribution in [2.24, 2.45) is 0 Å². The smallest absolute Gasteiger partial charge is 0.288 e. The molecule has 0 bridgehead atoms. The molecule has 19 heavy (non-hydrogen) atoms. The van der Waals surface area contributed by atoms with E-state index < -0.39 is 5.37 Å². The van der Waals surface area contributed by atoms with Crippen molar-refractivity contribution in [1.29, 1.82) is 0 Å². The molecule has 1 atom stereocenters. The molecule has 2 aromatic carbocycles. The summed E-state index contributed by atoms with van der Waals surface area (Å²) >= 11 is 5.66. The molecule has 0 radical (unpaired) electrons. The number of fused-ring (bicyclic) bond motifs is 1. The number of amides is 1. The monoisotopic (exact) mass is 353 g/mol. The molecule has 96 valence electrons. The van der Waals surface area contributed by atoms with Crippen LogP contribution < -0.4 is 5.32 Å². The van der Waals surface area contributed by atoms with Gasteiger partial charge in [-0.1, -0.05) is 42.1 Å². The number of halogens is 1. The van der Waals surface area contributed by atoms with Gasteiger partial charge in [-0.05, 0) is 32.8 Å². The zero-order valence-electron chi connectivity index (χ0n) is 9.55. The topological polar surface area (TPSA) is 46.2 Å². The van der Waals surface area contributed by atoms with Gasteiger partial charge in [0.05, 0.1) is 0 Å². The highest BCUT2D eigenvalue weighted by Gasteiger charge is 2.32. The third-order valence-corrected chi connectivity index (χ3v) is 5.90. The van der Waals surface area contributed by atoms with Gasteiger partial charge < -0.3 is 5.32 Å². The summed E-state index contributed by atoms with van der Waals surface area (Å²) in [5.41, 5.74) is 0. The summed E-state index contributed by atoms with van der Waals surface area (Å²) in [5, 5.41) is 3.95. The quantitative estimate of drug-likeness (QED) is 0.885. The third-order valence-electron chi connectivity index (χ3n) is 2.73. The molecule has 1 unspecified atom stereocenters. The van der Waals surface area contributed by atoms with Gasteiger partial charge in [0, 0.05) is 21.1 Å². The van der Waals surface area contributed by atoms with Gasteiger partial charge in [-0.2, -0.15) is 0 Å². The van der Waals surface area contributed by atoms with E-state index in [-0.39, 0.29) is 10.4 Å². The Hall–Kier alpha value is -0.980. The maximum Gasteiger partial charge on any atom is 0.288 e. The molecular weight excluding hydrogens is 346 g/mol. The lowest BCUT2D eigenvalue weighted by Gasteiger charge is -2.11. The molecular formula is C13H8BrNO2S2. The van der Waals surface area contributed by atoms with Crippen molar-refractivity contribution in [3.63, 3.8) is 0 Å². The van der Waals surface area contributed by atoms with Gasteiger partial charge in [0.1, 0.15) is 0 Å². The SMILES string of the molecule is O=C1NC(Sc2ccc3ccccc3c2Br)C(=O)S1. The zero-order chi connectivity index (χ0) is 13.4. The Bertz CT molecular complexity index is 689.